The molecule has 2 aliphatic rings. The maximum Gasteiger partial charge on any atom is 0.0611 e. The number of rotatable bonds is 3. The minimum atomic E-state index is -0.137. The van der Waals surface area contributed by atoms with Crippen LogP contribution in [0, 0.1) is 11.8 Å². The lowest BCUT2D eigenvalue weighted by Gasteiger charge is -2.22. The quantitative estimate of drug-likeness (QED) is 0.862. The zero-order valence-corrected chi connectivity index (χ0v) is 11.4. The third-order valence-corrected chi connectivity index (χ3v) is 5.03. The Bertz CT molecular complexity index is 424. The van der Waals surface area contributed by atoms with Crippen molar-refractivity contribution in [3.63, 3.8) is 0 Å². The summed E-state index contributed by atoms with van der Waals surface area (Å²) < 4.78 is 0. The van der Waals surface area contributed by atoms with Crippen LogP contribution < -0.4 is 0 Å². The minimum Gasteiger partial charge on any atom is -0.392 e. The van der Waals surface area contributed by atoms with Gasteiger partial charge in [-0.2, -0.15) is 0 Å². The second-order valence-electron chi connectivity index (χ2n) is 6.30. The van der Waals surface area contributed by atoms with E-state index in [0.29, 0.717) is 11.8 Å². The Morgan fingerprint density at radius 3 is 2.78 bits per heavy atom. The Balaban J connectivity index is 1.68. The Morgan fingerprint density at radius 1 is 1.17 bits per heavy atom. The van der Waals surface area contributed by atoms with Crippen LogP contribution in [0.25, 0.3) is 0 Å². The first-order chi connectivity index (χ1) is 8.74. The van der Waals surface area contributed by atoms with Crippen molar-refractivity contribution in [2.45, 2.75) is 58.0 Å². The lowest BCUT2D eigenvalue weighted by atomic mass is 9.88. The fourth-order valence-electron chi connectivity index (χ4n) is 3.89. The van der Waals surface area contributed by atoms with Gasteiger partial charge in [-0.15, -0.1) is 0 Å². The monoisotopic (exact) mass is 244 g/mol. The molecule has 98 valence electrons. The first kappa shape index (κ1) is 12.2. The van der Waals surface area contributed by atoms with E-state index in [9.17, 15) is 5.11 Å². The molecule has 0 spiro atoms. The largest absolute Gasteiger partial charge is 0.392 e. The van der Waals surface area contributed by atoms with Crippen molar-refractivity contribution in [1.29, 1.82) is 0 Å². The van der Waals surface area contributed by atoms with Crippen LogP contribution in [0.1, 0.15) is 49.3 Å². The summed E-state index contributed by atoms with van der Waals surface area (Å²) in [7, 11) is 0. The predicted octanol–water partition coefficient (Wildman–Crippen LogP) is 3.51. The Labute approximate surface area is 110 Å². The number of fused-ring (bicyclic) bond motifs is 1. The van der Waals surface area contributed by atoms with E-state index in [1.165, 1.54) is 55.2 Å². The molecule has 0 bridgehead atoms. The molecule has 0 amide bonds. The van der Waals surface area contributed by atoms with Gasteiger partial charge in [-0.05, 0) is 60.6 Å². The molecule has 1 fully saturated rings. The van der Waals surface area contributed by atoms with Crippen LogP contribution in [0.15, 0.2) is 18.2 Å². The molecule has 0 saturated heterocycles. The van der Waals surface area contributed by atoms with Crippen LogP contribution in [0.5, 0.6) is 0 Å². The summed E-state index contributed by atoms with van der Waals surface area (Å²) in [5.41, 5.74) is 4.39. The summed E-state index contributed by atoms with van der Waals surface area (Å²) >= 11 is 0. The smallest absolute Gasteiger partial charge is 0.0611 e. The highest BCUT2D eigenvalue weighted by Gasteiger charge is 2.29. The third kappa shape index (κ3) is 2.33. The van der Waals surface area contributed by atoms with Gasteiger partial charge >= 0.3 is 0 Å². The Morgan fingerprint density at radius 2 is 2.00 bits per heavy atom. The third-order valence-electron chi connectivity index (χ3n) is 5.03. The van der Waals surface area contributed by atoms with Gasteiger partial charge in [-0.1, -0.05) is 38.0 Å². The number of aliphatic hydroxyl groups excluding tert-OH is 1. The van der Waals surface area contributed by atoms with Crippen molar-refractivity contribution >= 4 is 0 Å². The maximum atomic E-state index is 10.4. The SMILES string of the molecule is CC1CCCC1C(O)Cc1ccc2c(c1)CCC2. The van der Waals surface area contributed by atoms with Crippen LogP contribution >= 0.6 is 0 Å². The van der Waals surface area contributed by atoms with Crippen molar-refractivity contribution in [1.82, 2.24) is 0 Å². The molecule has 3 rings (SSSR count). The minimum absolute atomic E-state index is 0.137. The first-order valence-electron chi connectivity index (χ1n) is 7.53. The molecule has 2 aliphatic carbocycles. The molecule has 18 heavy (non-hydrogen) atoms. The highest BCUT2D eigenvalue weighted by molar-refractivity contribution is 5.35. The molecule has 1 N–H and O–H groups in total. The number of hydrogen-bond acceptors (Lipinski definition) is 1. The van der Waals surface area contributed by atoms with E-state index in [0.717, 1.165) is 6.42 Å². The van der Waals surface area contributed by atoms with Crippen molar-refractivity contribution in [2.24, 2.45) is 11.8 Å². The van der Waals surface area contributed by atoms with Crippen molar-refractivity contribution < 1.29 is 5.11 Å². The topological polar surface area (TPSA) is 20.2 Å². The zero-order valence-electron chi connectivity index (χ0n) is 11.4. The summed E-state index contributed by atoms with van der Waals surface area (Å²) in [4.78, 5) is 0. The van der Waals surface area contributed by atoms with Crippen molar-refractivity contribution in [2.75, 3.05) is 0 Å². The van der Waals surface area contributed by atoms with Crippen LogP contribution in [0.4, 0.5) is 0 Å². The molecule has 1 aromatic rings. The summed E-state index contributed by atoms with van der Waals surface area (Å²) in [5, 5.41) is 10.4. The van der Waals surface area contributed by atoms with Crippen LogP contribution in [0.2, 0.25) is 0 Å². The standard InChI is InChI=1S/C17H24O/c1-12-4-2-7-16(12)17(18)11-13-8-9-14-5-3-6-15(14)10-13/h8-10,12,16-18H,2-7,11H2,1H3. The van der Waals surface area contributed by atoms with Gasteiger partial charge in [0.25, 0.3) is 0 Å². The predicted molar refractivity (Wildman–Crippen MR) is 74.7 cm³/mol. The van der Waals surface area contributed by atoms with Crippen LogP contribution in [-0.4, -0.2) is 11.2 Å². The molecule has 0 heterocycles. The summed E-state index contributed by atoms with van der Waals surface area (Å²) in [6, 6.07) is 6.85. The number of hydrogen-bond donors (Lipinski definition) is 1. The van der Waals surface area contributed by atoms with Crippen LogP contribution in [0.3, 0.4) is 0 Å². The Hall–Kier alpha value is -0.820. The molecular formula is C17H24O. The summed E-state index contributed by atoms with van der Waals surface area (Å²) in [5.74, 6) is 1.23. The van der Waals surface area contributed by atoms with Gasteiger partial charge in [-0.25, -0.2) is 0 Å². The fourth-order valence-corrected chi connectivity index (χ4v) is 3.89. The molecule has 3 unspecified atom stereocenters. The maximum absolute atomic E-state index is 10.4. The van der Waals surface area contributed by atoms with Gasteiger partial charge < -0.3 is 5.11 Å². The highest BCUT2D eigenvalue weighted by atomic mass is 16.3. The normalized spacial score (nSPS) is 28.3. The van der Waals surface area contributed by atoms with E-state index >= 15 is 0 Å². The van der Waals surface area contributed by atoms with Crippen molar-refractivity contribution in [3.05, 3.63) is 34.9 Å². The molecule has 0 aliphatic heterocycles. The number of benzene rings is 1. The van der Waals surface area contributed by atoms with Gasteiger partial charge in [0.05, 0.1) is 6.10 Å². The number of aliphatic hydroxyl groups is 1. The summed E-state index contributed by atoms with van der Waals surface area (Å²) in [6.07, 6.45) is 8.31. The fraction of sp³-hybridized carbons (Fsp3) is 0.647. The molecule has 0 radical (unpaired) electrons. The Kier molecular flexibility index (Phi) is 3.43. The van der Waals surface area contributed by atoms with Gasteiger partial charge in [-0.3, -0.25) is 0 Å². The molecular weight excluding hydrogens is 220 g/mol. The zero-order chi connectivity index (χ0) is 12.5. The van der Waals surface area contributed by atoms with Gasteiger partial charge in [0, 0.05) is 0 Å². The van der Waals surface area contributed by atoms with Gasteiger partial charge in [0.15, 0.2) is 0 Å². The average molecular weight is 244 g/mol. The number of aryl methyl sites for hydroxylation is 2. The molecule has 3 atom stereocenters. The molecule has 1 aromatic carbocycles. The van der Waals surface area contributed by atoms with E-state index in [2.05, 4.69) is 25.1 Å². The highest BCUT2D eigenvalue weighted by Crippen LogP contribution is 2.35. The summed E-state index contributed by atoms with van der Waals surface area (Å²) in [6.45, 7) is 2.30. The van der Waals surface area contributed by atoms with E-state index < -0.39 is 0 Å². The van der Waals surface area contributed by atoms with E-state index in [1.807, 2.05) is 0 Å². The van der Waals surface area contributed by atoms with E-state index in [4.69, 9.17) is 0 Å². The van der Waals surface area contributed by atoms with Gasteiger partial charge in [0.2, 0.25) is 0 Å². The second kappa shape index (κ2) is 5.05. The lowest BCUT2D eigenvalue weighted by Crippen LogP contribution is -2.24. The van der Waals surface area contributed by atoms with Crippen molar-refractivity contribution in [3.8, 4) is 0 Å². The van der Waals surface area contributed by atoms with E-state index in [1.54, 1.807) is 0 Å². The molecule has 0 aromatic heterocycles. The van der Waals surface area contributed by atoms with Crippen LogP contribution in [-0.2, 0) is 19.3 Å². The van der Waals surface area contributed by atoms with E-state index in [-0.39, 0.29) is 6.10 Å². The molecule has 1 nitrogen and oxygen atoms in total. The molecule has 1 heteroatoms. The molecule has 1 saturated carbocycles. The average Bonchev–Trinajstić information content (AvgIpc) is 2.96. The lowest BCUT2D eigenvalue weighted by molar-refractivity contribution is 0.0901. The second-order valence-corrected chi connectivity index (χ2v) is 6.30. The van der Waals surface area contributed by atoms with Gasteiger partial charge in [0.1, 0.15) is 0 Å². The first-order valence-corrected chi connectivity index (χ1v) is 7.53.